The quantitative estimate of drug-likeness (QED) is 0.754. The van der Waals surface area contributed by atoms with Gasteiger partial charge in [-0.05, 0) is 43.7 Å². The summed E-state index contributed by atoms with van der Waals surface area (Å²) in [6.45, 7) is 3.52. The van der Waals surface area contributed by atoms with Crippen molar-refractivity contribution in [2.75, 3.05) is 11.4 Å². The van der Waals surface area contributed by atoms with Gasteiger partial charge in [0.25, 0.3) is 0 Å². The zero-order valence-electron chi connectivity index (χ0n) is 10.0. The summed E-state index contributed by atoms with van der Waals surface area (Å²) in [5.41, 5.74) is 0.481. The summed E-state index contributed by atoms with van der Waals surface area (Å²) in [6, 6.07) is 6.26. The van der Waals surface area contributed by atoms with E-state index in [0.717, 1.165) is 5.92 Å². The predicted octanol–water partition coefficient (Wildman–Crippen LogP) is 3.24. The van der Waals surface area contributed by atoms with Crippen LogP contribution in [-0.2, 0) is 0 Å². The van der Waals surface area contributed by atoms with Crippen LogP contribution in [0.15, 0.2) is 24.4 Å². The van der Waals surface area contributed by atoms with Crippen LogP contribution < -0.4 is 4.90 Å². The molecule has 1 aliphatic heterocycles. The van der Waals surface area contributed by atoms with Crippen LogP contribution in [0.4, 0.5) is 5.82 Å². The van der Waals surface area contributed by atoms with E-state index >= 15 is 0 Å². The lowest BCUT2D eigenvalue weighted by Gasteiger charge is -2.51. The van der Waals surface area contributed by atoms with Crippen molar-refractivity contribution in [1.82, 2.24) is 4.98 Å². The van der Waals surface area contributed by atoms with Gasteiger partial charge in [-0.15, -0.1) is 0 Å². The Kier molecular flexibility index (Phi) is 2.38. The fourth-order valence-electron chi connectivity index (χ4n) is 3.54. The zero-order chi connectivity index (χ0) is 11.0. The molecule has 0 aromatic carbocycles. The standard InChI is InChI=1S/C14H20N2/c1-2-12-10-14(11-12)7-5-9-16(14)13-6-3-4-8-15-13/h3-4,6,8,12H,2,5,7,9-11H2,1H3. The van der Waals surface area contributed by atoms with E-state index in [1.54, 1.807) is 0 Å². The van der Waals surface area contributed by atoms with Gasteiger partial charge in [0.2, 0.25) is 0 Å². The van der Waals surface area contributed by atoms with Crippen LogP contribution in [0.25, 0.3) is 0 Å². The van der Waals surface area contributed by atoms with E-state index in [0.29, 0.717) is 5.54 Å². The van der Waals surface area contributed by atoms with Crippen LogP contribution >= 0.6 is 0 Å². The number of pyridine rings is 1. The highest BCUT2D eigenvalue weighted by Crippen LogP contribution is 2.51. The van der Waals surface area contributed by atoms with E-state index in [1.807, 2.05) is 12.3 Å². The maximum absolute atomic E-state index is 4.51. The van der Waals surface area contributed by atoms with Crippen molar-refractivity contribution in [1.29, 1.82) is 0 Å². The van der Waals surface area contributed by atoms with Crippen molar-refractivity contribution in [2.45, 2.75) is 44.6 Å². The van der Waals surface area contributed by atoms with Gasteiger partial charge >= 0.3 is 0 Å². The van der Waals surface area contributed by atoms with E-state index in [9.17, 15) is 0 Å². The molecule has 2 heteroatoms. The zero-order valence-corrected chi connectivity index (χ0v) is 10.0. The van der Waals surface area contributed by atoms with Crippen molar-refractivity contribution in [3.8, 4) is 0 Å². The van der Waals surface area contributed by atoms with Crippen LogP contribution in [0.5, 0.6) is 0 Å². The summed E-state index contributed by atoms with van der Waals surface area (Å²) in [4.78, 5) is 7.08. The lowest BCUT2D eigenvalue weighted by atomic mass is 9.66. The van der Waals surface area contributed by atoms with E-state index in [-0.39, 0.29) is 0 Å². The number of hydrogen-bond donors (Lipinski definition) is 0. The van der Waals surface area contributed by atoms with Gasteiger partial charge in [-0.25, -0.2) is 4.98 Å². The Bertz CT molecular complexity index is 354. The smallest absolute Gasteiger partial charge is 0.128 e. The minimum atomic E-state index is 0.481. The lowest BCUT2D eigenvalue weighted by molar-refractivity contribution is 0.145. The number of nitrogens with zero attached hydrogens (tertiary/aromatic N) is 2. The SMILES string of the molecule is CCC1CC2(CCCN2c2ccccn2)C1. The fraction of sp³-hybridized carbons (Fsp3) is 0.643. The van der Waals surface area contributed by atoms with Crippen molar-refractivity contribution in [2.24, 2.45) is 5.92 Å². The highest BCUT2D eigenvalue weighted by Gasteiger charge is 2.50. The van der Waals surface area contributed by atoms with Crippen molar-refractivity contribution < 1.29 is 0 Å². The molecule has 1 aromatic rings. The third-order valence-corrected chi connectivity index (χ3v) is 4.44. The Morgan fingerprint density at radius 3 is 3.00 bits per heavy atom. The van der Waals surface area contributed by atoms with Gasteiger partial charge in [0.05, 0.1) is 0 Å². The molecule has 0 amide bonds. The Morgan fingerprint density at radius 2 is 2.31 bits per heavy atom. The first-order valence-electron chi connectivity index (χ1n) is 6.53. The average Bonchev–Trinajstić information content (AvgIpc) is 2.72. The molecule has 2 aliphatic rings. The number of hydrogen-bond acceptors (Lipinski definition) is 2. The van der Waals surface area contributed by atoms with Gasteiger partial charge in [-0.3, -0.25) is 0 Å². The molecule has 1 saturated carbocycles. The third kappa shape index (κ3) is 1.43. The summed E-state index contributed by atoms with van der Waals surface area (Å²) in [5.74, 6) is 2.15. The van der Waals surface area contributed by atoms with E-state index in [4.69, 9.17) is 0 Å². The summed E-state index contributed by atoms with van der Waals surface area (Å²) in [7, 11) is 0. The highest BCUT2D eigenvalue weighted by atomic mass is 15.3. The van der Waals surface area contributed by atoms with Gasteiger partial charge < -0.3 is 4.90 Å². The molecular formula is C14H20N2. The molecule has 1 spiro atoms. The molecular weight excluding hydrogens is 196 g/mol. The first-order chi connectivity index (χ1) is 7.84. The van der Waals surface area contributed by atoms with Gasteiger partial charge in [0.1, 0.15) is 5.82 Å². The molecule has 1 aromatic heterocycles. The molecule has 0 radical (unpaired) electrons. The molecule has 2 fully saturated rings. The average molecular weight is 216 g/mol. The molecule has 16 heavy (non-hydrogen) atoms. The second-order valence-corrected chi connectivity index (χ2v) is 5.35. The van der Waals surface area contributed by atoms with Crippen molar-refractivity contribution in [3.63, 3.8) is 0 Å². The summed E-state index contributed by atoms with van der Waals surface area (Å²) >= 11 is 0. The second-order valence-electron chi connectivity index (χ2n) is 5.35. The molecule has 3 rings (SSSR count). The highest BCUT2D eigenvalue weighted by molar-refractivity contribution is 5.44. The van der Waals surface area contributed by atoms with Crippen LogP contribution in [0.1, 0.15) is 39.0 Å². The lowest BCUT2D eigenvalue weighted by Crippen LogP contribution is -2.54. The first-order valence-corrected chi connectivity index (χ1v) is 6.53. The maximum atomic E-state index is 4.51. The van der Waals surface area contributed by atoms with E-state index in [1.165, 1.54) is 44.5 Å². The maximum Gasteiger partial charge on any atom is 0.128 e. The topological polar surface area (TPSA) is 16.1 Å². The van der Waals surface area contributed by atoms with Gasteiger partial charge in [-0.1, -0.05) is 19.4 Å². The van der Waals surface area contributed by atoms with Crippen molar-refractivity contribution in [3.05, 3.63) is 24.4 Å². The molecule has 0 bridgehead atoms. The Balaban J connectivity index is 1.81. The predicted molar refractivity (Wildman–Crippen MR) is 66.6 cm³/mol. The Morgan fingerprint density at radius 1 is 1.44 bits per heavy atom. The monoisotopic (exact) mass is 216 g/mol. The third-order valence-electron chi connectivity index (χ3n) is 4.44. The van der Waals surface area contributed by atoms with Gasteiger partial charge in [-0.2, -0.15) is 0 Å². The summed E-state index contributed by atoms with van der Waals surface area (Å²) in [6.07, 6.45) is 8.75. The molecule has 0 N–H and O–H groups in total. The molecule has 0 unspecified atom stereocenters. The molecule has 1 aliphatic carbocycles. The molecule has 0 atom stereocenters. The summed E-state index contributed by atoms with van der Waals surface area (Å²) in [5, 5.41) is 0. The Hall–Kier alpha value is -1.05. The normalized spacial score (nSPS) is 33.1. The fourth-order valence-corrected chi connectivity index (χ4v) is 3.54. The Labute approximate surface area is 97.7 Å². The number of aromatic nitrogens is 1. The van der Waals surface area contributed by atoms with Crippen LogP contribution in [0.3, 0.4) is 0 Å². The first kappa shape index (κ1) is 10.1. The second kappa shape index (κ2) is 3.76. The number of rotatable bonds is 2. The number of anilines is 1. The minimum absolute atomic E-state index is 0.481. The molecule has 2 heterocycles. The van der Waals surface area contributed by atoms with E-state index < -0.39 is 0 Å². The van der Waals surface area contributed by atoms with Crippen LogP contribution in [0, 0.1) is 5.92 Å². The minimum Gasteiger partial charge on any atom is -0.351 e. The largest absolute Gasteiger partial charge is 0.351 e. The van der Waals surface area contributed by atoms with E-state index in [2.05, 4.69) is 28.9 Å². The van der Waals surface area contributed by atoms with Gasteiger partial charge in [0.15, 0.2) is 0 Å². The molecule has 86 valence electrons. The van der Waals surface area contributed by atoms with Crippen LogP contribution in [-0.4, -0.2) is 17.1 Å². The molecule has 2 nitrogen and oxygen atoms in total. The molecule has 1 saturated heterocycles. The van der Waals surface area contributed by atoms with Gasteiger partial charge in [0, 0.05) is 18.3 Å². The summed E-state index contributed by atoms with van der Waals surface area (Å²) < 4.78 is 0. The van der Waals surface area contributed by atoms with Crippen LogP contribution in [0.2, 0.25) is 0 Å². The van der Waals surface area contributed by atoms with Crippen molar-refractivity contribution >= 4 is 5.82 Å².